The summed E-state index contributed by atoms with van der Waals surface area (Å²) in [5, 5.41) is 6.94. The van der Waals surface area contributed by atoms with Crippen LogP contribution in [0.2, 0.25) is 0 Å². The molecule has 0 saturated heterocycles. The Morgan fingerprint density at radius 3 is 2.52 bits per heavy atom. The number of hydrogen-bond donors (Lipinski definition) is 1. The molecule has 1 aromatic heterocycles. The Labute approximate surface area is 134 Å². The second-order valence-corrected chi connectivity index (χ2v) is 5.19. The second kappa shape index (κ2) is 7.40. The van der Waals surface area contributed by atoms with Crippen LogP contribution in [0.5, 0.6) is 0 Å². The molecule has 1 heterocycles. The maximum absolute atomic E-state index is 12.0. The first-order valence-corrected chi connectivity index (χ1v) is 7.22. The molecule has 23 heavy (non-hydrogen) atoms. The van der Waals surface area contributed by atoms with Gasteiger partial charge in [0.1, 0.15) is 5.82 Å². The van der Waals surface area contributed by atoms with Crippen molar-refractivity contribution in [2.75, 3.05) is 12.4 Å². The number of esters is 1. The van der Waals surface area contributed by atoms with E-state index in [0.29, 0.717) is 11.4 Å². The predicted molar refractivity (Wildman–Crippen MR) is 88.1 cm³/mol. The van der Waals surface area contributed by atoms with Gasteiger partial charge in [0.05, 0.1) is 18.9 Å². The van der Waals surface area contributed by atoms with Crippen molar-refractivity contribution in [3.63, 3.8) is 0 Å². The van der Waals surface area contributed by atoms with Crippen LogP contribution in [-0.2, 0) is 9.53 Å². The van der Waals surface area contributed by atoms with Crippen molar-refractivity contribution in [2.45, 2.75) is 19.9 Å². The average molecular weight is 313 g/mol. The Morgan fingerprint density at radius 1 is 1.22 bits per heavy atom. The van der Waals surface area contributed by atoms with Crippen molar-refractivity contribution in [3.8, 4) is 0 Å². The second-order valence-electron chi connectivity index (χ2n) is 5.19. The molecule has 0 aliphatic heterocycles. The number of ether oxygens (including phenoxy) is 1. The maximum Gasteiger partial charge on any atom is 0.337 e. The number of carbonyl (C=O) groups is 2. The number of benzene rings is 1. The minimum absolute atomic E-state index is 0.162. The van der Waals surface area contributed by atoms with E-state index in [2.05, 4.69) is 15.2 Å². The van der Waals surface area contributed by atoms with Gasteiger partial charge in [-0.2, -0.15) is 5.10 Å². The summed E-state index contributed by atoms with van der Waals surface area (Å²) in [5.74, 6) is 0.0142. The van der Waals surface area contributed by atoms with Gasteiger partial charge in [-0.15, -0.1) is 0 Å². The Balaban J connectivity index is 2.01. The van der Waals surface area contributed by atoms with E-state index in [4.69, 9.17) is 0 Å². The third-order valence-electron chi connectivity index (χ3n) is 3.17. The van der Waals surface area contributed by atoms with Gasteiger partial charge in [-0.25, -0.2) is 9.48 Å². The van der Waals surface area contributed by atoms with Gasteiger partial charge in [-0.05, 0) is 37.6 Å². The van der Waals surface area contributed by atoms with Crippen molar-refractivity contribution in [2.24, 2.45) is 0 Å². The molecule has 2 rings (SSSR count). The van der Waals surface area contributed by atoms with Crippen molar-refractivity contribution >= 4 is 23.8 Å². The summed E-state index contributed by atoms with van der Waals surface area (Å²) < 4.78 is 6.37. The summed E-state index contributed by atoms with van der Waals surface area (Å²) in [5.41, 5.74) is 1.28. The fourth-order valence-electron chi connectivity index (χ4n) is 2.01. The zero-order valence-corrected chi connectivity index (χ0v) is 13.3. The highest BCUT2D eigenvalue weighted by atomic mass is 16.5. The first kappa shape index (κ1) is 16.5. The number of hydrogen-bond acceptors (Lipinski definition) is 4. The summed E-state index contributed by atoms with van der Waals surface area (Å²) in [6.07, 6.45) is 4.75. The minimum atomic E-state index is -0.389. The first-order valence-electron chi connectivity index (χ1n) is 7.22. The van der Waals surface area contributed by atoms with E-state index in [1.807, 2.05) is 13.8 Å². The van der Waals surface area contributed by atoms with Gasteiger partial charge in [-0.1, -0.05) is 12.1 Å². The van der Waals surface area contributed by atoms with Crippen LogP contribution in [0.25, 0.3) is 6.08 Å². The third kappa shape index (κ3) is 4.29. The van der Waals surface area contributed by atoms with Gasteiger partial charge in [0.2, 0.25) is 5.91 Å². The highest BCUT2D eigenvalue weighted by molar-refractivity contribution is 6.01. The molecule has 6 nitrogen and oxygen atoms in total. The van der Waals surface area contributed by atoms with Crippen LogP contribution in [0.15, 0.2) is 42.6 Å². The van der Waals surface area contributed by atoms with Gasteiger partial charge in [0, 0.05) is 18.2 Å². The molecule has 0 saturated carbocycles. The summed E-state index contributed by atoms with van der Waals surface area (Å²) in [6.45, 7) is 3.97. The number of anilines is 1. The molecule has 2 aromatic rings. The lowest BCUT2D eigenvalue weighted by molar-refractivity contribution is -0.111. The molecule has 0 bridgehead atoms. The van der Waals surface area contributed by atoms with Crippen molar-refractivity contribution in [1.82, 2.24) is 9.78 Å². The lowest BCUT2D eigenvalue weighted by atomic mass is 10.1. The maximum atomic E-state index is 12.0. The zero-order valence-electron chi connectivity index (χ0n) is 13.3. The number of nitrogens with one attached hydrogen (secondary N) is 1. The van der Waals surface area contributed by atoms with Gasteiger partial charge in [0.15, 0.2) is 0 Å². The average Bonchev–Trinajstić information content (AvgIpc) is 3.01. The van der Waals surface area contributed by atoms with E-state index in [1.54, 1.807) is 47.3 Å². The highest BCUT2D eigenvalue weighted by Crippen LogP contribution is 2.13. The lowest BCUT2D eigenvalue weighted by Gasteiger charge is -2.10. The molecule has 1 amide bonds. The molecule has 6 heteroatoms. The molecule has 0 aliphatic rings. The molecule has 1 N–H and O–H groups in total. The number of aromatic nitrogens is 2. The van der Waals surface area contributed by atoms with Gasteiger partial charge in [-0.3, -0.25) is 4.79 Å². The largest absolute Gasteiger partial charge is 0.465 e. The van der Waals surface area contributed by atoms with Crippen molar-refractivity contribution in [3.05, 3.63) is 53.7 Å². The standard InChI is InChI=1S/C17H19N3O3/c1-12(2)20-15(10-11-18-20)19-16(21)9-6-13-4-7-14(8-5-13)17(22)23-3/h4-12H,1-3H3,(H,19,21). The molecule has 120 valence electrons. The monoisotopic (exact) mass is 313 g/mol. The van der Waals surface area contributed by atoms with Crippen LogP contribution in [0, 0.1) is 0 Å². The number of methoxy groups -OCH3 is 1. The van der Waals surface area contributed by atoms with Crippen molar-refractivity contribution in [1.29, 1.82) is 0 Å². The van der Waals surface area contributed by atoms with E-state index in [9.17, 15) is 9.59 Å². The van der Waals surface area contributed by atoms with Crippen LogP contribution in [0.3, 0.4) is 0 Å². The fraction of sp³-hybridized carbons (Fsp3) is 0.235. The molecule has 0 fully saturated rings. The lowest BCUT2D eigenvalue weighted by Crippen LogP contribution is -2.14. The quantitative estimate of drug-likeness (QED) is 0.680. The first-order chi connectivity index (χ1) is 11.0. The molecular weight excluding hydrogens is 294 g/mol. The van der Waals surface area contributed by atoms with Gasteiger partial charge >= 0.3 is 5.97 Å². The molecule has 0 unspecified atom stereocenters. The fourth-order valence-corrected chi connectivity index (χ4v) is 2.01. The number of rotatable bonds is 5. The number of nitrogens with zero attached hydrogens (tertiary/aromatic N) is 2. The Kier molecular flexibility index (Phi) is 5.30. The van der Waals surface area contributed by atoms with Gasteiger partial charge < -0.3 is 10.1 Å². The molecule has 0 spiro atoms. The summed E-state index contributed by atoms with van der Waals surface area (Å²) in [6, 6.07) is 8.70. The van der Waals surface area contributed by atoms with E-state index in [-0.39, 0.29) is 17.9 Å². The Bertz CT molecular complexity index is 715. The van der Waals surface area contributed by atoms with Crippen molar-refractivity contribution < 1.29 is 14.3 Å². The summed E-state index contributed by atoms with van der Waals surface area (Å²) in [7, 11) is 1.34. The molecular formula is C17H19N3O3. The summed E-state index contributed by atoms with van der Waals surface area (Å²) in [4.78, 5) is 23.3. The van der Waals surface area contributed by atoms with Gasteiger partial charge in [0.25, 0.3) is 0 Å². The summed E-state index contributed by atoms with van der Waals surface area (Å²) >= 11 is 0. The smallest absolute Gasteiger partial charge is 0.337 e. The Morgan fingerprint density at radius 2 is 1.91 bits per heavy atom. The topological polar surface area (TPSA) is 73.2 Å². The normalized spacial score (nSPS) is 11.0. The molecule has 0 aliphatic carbocycles. The van der Waals surface area contributed by atoms with E-state index in [0.717, 1.165) is 5.56 Å². The predicted octanol–water partition coefficient (Wildman–Crippen LogP) is 2.90. The highest BCUT2D eigenvalue weighted by Gasteiger charge is 2.07. The van der Waals surface area contributed by atoms with Crippen LogP contribution >= 0.6 is 0 Å². The van der Waals surface area contributed by atoms with E-state index in [1.165, 1.54) is 13.2 Å². The van der Waals surface area contributed by atoms with E-state index < -0.39 is 0 Å². The third-order valence-corrected chi connectivity index (χ3v) is 3.17. The van der Waals surface area contributed by atoms with Crippen LogP contribution in [0.1, 0.15) is 35.8 Å². The minimum Gasteiger partial charge on any atom is -0.465 e. The van der Waals surface area contributed by atoms with Crippen LogP contribution < -0.4 is 5.32 Å². The molecule has 1 aromatic carbocycles. The Hall–Kier alpha value is -2.89. The number of carbonyl (C=O) groups excluding carboxylic acids is 2. The zero-order chi connectivity index (χ0) is 16.8. The van der Waals surface area contributed by atoms with Crippen LogP contribution in [0.4, 0.5) is 5.82 Å². The van der Waals surface area contributed by atoms with E-state index >= 15 is 0 Å². The SMILES string of the molecule is COC(=O)c1ccc(C=CC(=O)Nc2ccnn2C(C)C)cc1. The molecule has 0 atom stereocenters. The number of amides is 1. The molecule has 0 radical (unpaired) electrons. The van der Waals surface area contributed by atoms with Crippen LogP contribution in [-0.4, -0.2) is 28.8 Å².